The van der Waals surface area contributed by atoms with Gasteiger partial charge in [0, 0.05) is 26.2 Å². The zero-order valence-electron chi connectivity index (χ0n) is 14.3. The number of aryl methyl sites for hydroxylation is 2. The quantitative estimate of drug-likeness (QED) is 0.545. The van der Waals surface area contributed by atoms with Gasteiger partial charge >= 0.3 is 11.7 Å². The zero-order chi connectivity index (χ0) is 18.6. The number of aliphatic carboxylic acids is 1. The first-order valence-electron chi connectivity index (χ1n) is 8.03. The Labute approximate surface area is 144 Å². The van der Waals surface area contributed by atoms with E-state index in [1.807, 2.05) is 0 Å². The van der Waals surface area contributed by atoms with Gasteiger partial charge in [-0.25, -0.2) is 0 Å². The monoisotopic (exact) mass is 354 g/mol. The van der Waals surface area contributed by atoms with Gasteiger partial charge in [0.05, 0.1) is 16.9 Å². The SMILES string of the molecule is Cc1nn(CCC(=O)NCC2(C(=O)O)CCOCC2)c(C)c1[N+](=O)[O-]. The summed E-state index contributed by atoms with van der Waals surface area (Å²) in [5.41, 5.74) is -0.352. The lowest BCUT2D eigenvalue weighted by Crippen LogP contribution is -2.46. The number of carboxylic acid groups (broad SMARTS) is 1. The molecule has 2 N–H and O–H groups in total. The standard InChI is InChI=1S/C15H22N4O6/c1-10-13(19(23)24)11(2)18(17-10)6-3-12(20)16-9-15(14(21)22)4-7-25-8-5-15/h3-9H2,1-2H3,(H,16,20)(H,21,22). The van der Waals surface area contributed by atoms with E-state index in [-0.39, 0.29) is 31.1 Å². The number of nitrogens with one attached hydrogen (secondary N) is 1. The minimum absolute atomic E-state index is 0.0434. The van der Waals surface area contributed by atoms with Crippen LogP contribution in [-0.2, 0) is 20.9 Å². The van der Waals surface area contributed by atoms with Gasteiger partial charge in [-0.05, 0) is 26.7 Å². The van der Waals surface area contributed by atoms with Crippen molar-refractivity contribution in [2.75, 3.05) is 19.8 Å². The Morgan fingerprint density at radius 3 is 2.56 bits per heavy atom. The number of carboxylic acids is 1. The summed E-state index contributed by atoms with van der Waals surface area (Å²) in [5, 5.41) is 27.2. The Kier molecular flexibility index (Phi) is 5.73. The third-order valence-electron chi connectivity index (χ3n) is 4.60. The number of amides is 1. The molecule has 25 heavy (non-hydrogen) atoms. The topological polar surface area (TPSA) is 137 Å². The number of aromatic nitrogens is 2. The number of carbonyl (C=O) groups excluding carboxylic acids is 1. The Balaban J connectivity index is 1.92. The number of rotatable bonds is 7. The number of carbonyl (C=O) groups is 2. The first kappa shape index (κ1) is 18.8. The van der Waals surface area contributed by atoms with Gasteiger partial charge in [-0.1, -0.05) is 0 Å². The van der Waals surface area contributed by atoms with Gasteiger partial charge in [0.1, 0.15) is 11.4 Å². The summed E-state index contributed by atoms with van der Waals surface area (Å²) < 4.78 is 6.62. The minimum atomic E-state index is -0.995. The van der Waals surface area contributed by atoms with Crippen LogP contribution in [0.5, 0.6) is 0 Å². The summed E-state index contributed by atoms with van der Waals surface area (Å²) in [5.74, 6) is -1.26. The highest BCUT2D eigenvalue weighted by Crippen LogP contribution is 2.30. The summed E-state index contributed by atoms with van der Waals surface area (Å²) >= 11 is 0. The molecule has 0 bridgehead atoms. The van der Waals surface area contributed by atoms with E-state index in [2.05, 4.69) is 10.4 Å². The first-order valence-corrected chi connectivity index (χ1v) is 8.03. The average molecular weight is 354 g/mol. The molecular weight excluding hydrogens is 332 g/mol. The molecule has 1 saturated heterocycles. The molecule has 138 valence electrons. The van der Waals surface area contributed by atoms with Crippen LogP contribution < -0.4 is 5.32 Å². The normalized spacial score (nSPS) is 16.4. The second kappa shape index (κ2) is 7.60. The van der Waals surface area contributed by atoms with Crippen molar-refractivity contribution in [3.05, 3.63) is 21.5 Å². The second-order valence-corrected chi connectivity index (χ2v) is 6.22. The molecule has 2 heterocycles. The fourth-order valence-electron chi connectivity index (χ4n) is 2.96. The van der Waals surface area contributed by atoms with Crippen LogP contribution in [0, 0.1) is 29.4 Å². The maximum absolute atomic E-state index is 12.1. The molecule has 0 atom stereocenters. The zero-order valence-corrected chi connectivity index (χ0v) is 14.3. The molecule has 0 unspecified atom stereocenters. The van der Waals surface area contributed by atoms with E-state index in [1.165, 1.54) is 4.68 Å². The van der Waals surface area contributed by atoms with Gasteiger partial charge in [0.15, 0.2) is 0 Å². The molecule has 0 aromatic carbocycles. The molecule has 1 aromatic heterocycles. The highest BCUT2D eigenvalue weighted by Gasteiger charge is 2.40. The van der Waals surface area contributed by atoms with Gasteiger partial charge in [-0.2, -0.15) is 5.10 Å². The van der Waals surface area contributed by atoms with E-state index in [4.69, 9.17) is 4.74 Å². The van der Waals surface area contributed by atoms with Crippen molar-refractivity contribution in [3.63, 3.8) is 0 Å². The number of nitrogens with zero attached hydrogens (tertiary/aromatic N) is 3. The van der Waals surface area contributed by atoms with Crippen molar-refractivity contribution in [1.82, 2.24) is 15.1 Å². The Morgan fingerprint density at radius 2 is 2.04 bits per heavy atom. The fraction of sp³-hybridized carbons (Fsp3) is 0.667. The van der Waals surface area contributed by atoms with E-state index in [0.29, 0.717) is 37.4 Å². The van der Waals surface area contributed by atoms with Gasteiger partial charge in [0.25, 0.3) is 0 Å². The molecule has 0 aliphatic carbocycles. The lowest BCUT2D eigenvalue weighted by molar-refractivity contribution is -0.386. The van der Waals surface area contributed by atoms with E-state index >= 15 is 0 Å². The van der Waals surface area contributed by atoms with Crippen molar-refractivity contribution in [3.8, 4) is 0 Å². The molecular formula is C15H22N4O6. The van der Waals surface area contributed by atoms with Crippen LogP contribution in [0.1, 0.15) is 30.7 Å². The van der Waals surface area contributed by atoms with Gasteiger partial charge in [-0.15, -0.1) is 0 Å². The Bertz CT molecular complexity index is 678. The molecule has 1 amide bonds. The molecule has 1 aliphatic rings. The van der Waals surface area contributed by atoms with E-state index in [9.17, 15) is 24.8 Å². The molecule has 0 saturated carbocycles. The molecule has 2 rings (SSSR count). The minimum Gasteiger partial charge on any atom is -0.481 e. The van der Waals surface area contributed by atoms with Crippen LogP contribution in [0.25, 0.3) is 0 Å². The third-order valence-corrected chi connectivity index (χ3v) is 4.60. The van der Waals surface area contributed by atoms with Crippen LogP contribution in [0.4, 0.5) is 5.69 Å². The number of ether oxygens (including phenoxy) is 1. The highest BCUT2D eigenvalue weighted by molar-refractivity contribution is 5.79. The third kappa shape index (κ3) is 4.13. The summed E-state index contributed by atoms with van der Waals surface area (Å²) in [4.78, 5) is 34.1. The molecule has 1 aromatic rings. The Morgan fingerprint density at radius 1 is 1.40 bits per heavy atom. The van der Waals surface area contributed by atoms with E-state index in [0.717, 1.165) is 0 Å². The van der Waals surface area contributed by atoms with Crippen LogP contribution >= 0.6 is 0 Å². The molecule has 1 aliphatic heterocycles. The first-order chi connectivity index (χ1) is 11.8. The molecule has 1 fully saturated rings. The number of hydrogen-bond donors (Lipinski definition) is 2. The van der Waals surface area contributed by atoms with Crippen LogP contribution in [-0.4, -0.2) is 51.4 Å². The van der Waals surface area contributed by atoms with Crippen molar-refractivity contribution < 1.29 is 24.4 Å². The predicted octanol–water partition coefficient (Wildman–Crippen LogP) is 0.796. The summed E-state index contributed by atoms with van der Waals surface area (Å²) in [6.45, 7) is 4.08. The smallest absolute Gasteiger partial charge is 0.312 e. The molecule has 0 spiro atoms. The molecule has 0 radical (unpaired) electrons. The van der Waals surface area contributed by atoms with Gasteiger partial charge < -0.3 is 15.2 Å². The lowest BCUT2D eigenvalue weighted by atomic mass is 9.80. The summed E-state index contributed by atoms with van der Waals surface area (Å²) in [7, 11) is 0. The second-order valence-electron chi connectivity index (χ2n) is 6.22. The summed E-state index contributed by atoms with van der Waals surface area (Å²) in [6.07, 6.45) is 0.768. The maximum atomic E-state index is 12.1. The molecule has 10 nitrogen and oxygen atoms in total. The summed E-state index contributed by atoms with van der Waals surface area (Å²) in [6, 6.07) is 0. The lowest BCUT2D eigenvalue weighted by Gasteiger charge is -2.33. The van der Waals surface area contributed by atoms with E-state index in [1.54, 1.807) is 13.8 Å². The number of nitro groups is 1. The van der Waals surface area contributed by atoms with Crippen molar-refractivity contribution in [2.24, 2.45) is 5.41 Å². The fourth-order valence-corrected chi connectivity index (χ4v) is 2.96. The number of hydrogen-bond acceptors (Lipinski definition) is 6. The van der Waals surface area contributed by atoms with Gasteiger partial charge in [-0.3, -0.25) is 24.4 Å². The van der Waals surface area contributed by atoms with Crippen molar-refractivity contribution >= 4 is 17.6 Å². The largest absolute Gasteiger partial charge is 0.481 e. The maximum Gasteiger partial charge on any atom is 0.312 e. The van der Waals surface area contributed by atoms with Gasteiger partial charge in [0.2, 0.25) is 5.91 Å². The van der Waals surface area contributed by atoms with E-state index < -0.39 is 16.3 Å². The van der Waals surface area contributed by atoms with Crippen molar-refractivity contribution in [1.29, 1.82) is 0 Å². The average Bonchev–Trinajstić information content (AvgIpc) is 2.85. The predicted molar refractivity (Wildman–Crippen MR) is 86.1 cm³/mol. The van der Waals surface area contributed by atoms with Crippen LogP contribution in [0.15, 0.2) is 0 Å². The van der Waals surface area contributed by atoms with Crippen LogP contribution in [0.2, 0.25) is 0 Å². The molecule has 10 heteroatoms. The van der Waals surface area contributed by atoms with Crippen LogP contribution in [0.3, 0.4) is 0 Å². The van der Waals surface area contributed by atoms with Crippen molar-refractivity contribution in [2.45, 2.75) is 39.7 Å². The highest BCUT2D eigenvalue weighted by atomic mass is 16.6. The Hall–Kier alpha value is -2.49.